The zero-order valence-electron chi connectivity index (χ0n) is 10.8. The van der Waals surface area contributed by atoms with Crippen LogP contribution in [0, 0.1) is 12.3 Å². The first kappa shape index (κ1) is 13.4. The van der Waals surface area contributed by atoms with E-state index in [-0.39, 0.29) is 5.84 Å². The highest BCUT2D eigenvalue weighted by Crippen LogP contribution is 2.31. The fraction of sp³-hybridized carbons (Fsp3) is 0.143. The first-order valence-corrected chi connectivity index (χ1v) is 6.55. The SMILES string of the molecule is COc1cccc(Sc2nccc(C)c2C(=N)N)c1. The van der Waals surface area contributed by atoms with Crippen LogP contribution < -0.4 is 10.5 Å². The maximum atomic E-state index is 7.66. The molecule has 0 radical (unpaired) electrons. The van der Waals surface area contributed by atoms with E-state index in [2.05, 4.69) is 4.98 Å². The molecular formula is C14H15N3OS. The molecule has 98 valence electrons. The average molecular weight is 273 g/mol. The van der Waals surface area contributed by atoms with Crippen molar-refractivity contribution in [3.63, 3.8) is 0 Å². The molecule has 0 unspecified atom stereocenters. The third-order valence-corrected chi connectivity index (χ3v) is 3.64. The van der Waals surface area contributed by atoms with Crippen molar-refractivity contribution in [1.82, 2.24) is 4.98 Å². The fourth-order valence-electron chi connectivity index (χ4n) is 1.71. The summed E-state index contributed by atoms with van der Waals surface area (Å²) in [6.07, 6.45) is 1.73. The van der Waals surface area contributed by atoms with E-state index >= 15 is 0 Å². The standard InChI is InChI=1S/C14H15N3OS/c1-9-6-7-17-14(12(9)13(15)16)19-11-5-3-4-10(8-11)18-2/h3-8H,1-2H3,(H3,15,16). The van der Waals surface area contributed by atoms with Crippen LogP contribution in [0.5, 0.6) is 5.75 Å². The Morgan fingerprint density at radius 1 is 1.37 bits per heavy atom. The van der Waals surface area contributed by atoms with Crippen molar-refractivity contribution in [3.05, 3.63) is 47.7 Å². The van der Waals surface area contributed by atoms with Crippen LogP contribution in [0.4, 0.5) is 0 Å². The van der Waals surface area contributed by atoms with Crippen molar-refractivity contribution < 1.29 is 4.74 Å². The van der Waals surface area contributed by atoms with Gasteiger partial charge < -0.3 is 10.5 Å². The first-order chi connectivity index (χ1) is 9.11. The molecule has 2 rings (SSSR count). The van der Waals surface area contributed by atoms with E-state index in [0.29, 0.717) is 5.56 Å². The summed E-state index contributed by atoms with van der Waals surface area (Å²) < 4.78 is 5.19. The van der Waals surface area contributed by atoms with Crippen LogP contribution in [0.1, 0.15) is 11.1 Å². The maximum absolute atomic E-state index is 7.66. The van der Waals surface area contributed by atoms with Crippen LogP contribution in [0.3, 0.4) is 0 Å². The van der Waals surface area contributed by atoms with Gasteiger partial charge in [0.05, 0.1) is 12.7 Å². The van der Waals surface area contributed by atoms with Crippen molar-refractivity contribution in [1.29, 1.82) is 5.41 Å². The molecular weight excluding hydrogens is 258 g/mol. The lowest BCUT2D eigenvalue weighted by atomic mass is 10.1. The lowest BCUT2D eigenvalue weighted by Gasteiger charge is -2.10. The molecule has 1 heterocycles. The van der Waals surface area contributed by atoms with Gasteiger partial charge in [0.15, 0.2) is 0 Å². The molecule has 2 aromatic rings. The van der Waals surface area contributed by atoms with E-state index in [1.54, 1.807) is 13.3 Å². The van der Waals surface area contributed by atoms with E-state index in [1.165, 1.54) is 11.8 Å². The lowest BCUT2D eigenvalue weighted by molar-refractivity contribution is 0.413. The number of benzene rings is 1. The highest BCUT2D eigenvalue weighted by molar-refractivity contribution is 7.99. The first-order valence-electron chi connectivity index (χ1n) is 5.73. The third kappa shape index (κ3) is 3.06. The van der Waals surface area contributed by atoms with Gasteiger partial charge in [-0.1, -0.05) is 17.8 Å². The zero-order chi connectivity index (χ0) is 13.8. The number of amidine groups is 1. The van der Waals surface area contributed by atoms with E-state index in [0.717, 1.165) is 21.2 Å². The second kappa shape index (κ2) is 5.75. The van der Waals surface area contributed by atoms with Crippen LogP contribution in [-0.4, -0.2) is 17.9 Å². The quantitative estimate of drug-likeness (QED) is 0.663. The second-order valence-electron chi connectivity index (χ2n) is 4.00. The molecule has 0 aliphatic carbocycles. The molecule has 0 spiro atoms. The minimum absolute atomic E-state index is 0.0380. The normalized spacial score (nSPS) is 10.2. The highest BCUT2D eigenvalue weighted by atomic mass is 32.2. The van der Waals surface area contributed by atoms with Crippen LogP contribution >= 0.6 is 11.8 Å². The van der Waals surface area contributed by atoms with Gasteiger partial charge in [0, 0.05) is 11.1 Å². The highest BCUT2D eigenvalue weighted by Gasteiger charge is 2.11. The number of hydrogen-bond acceptors (Lipinski definition) is 4. The summed E-state index contributed by atoms with van der Waals surface area (Å²) in [7, 11) is 1.63. The van der Waals surface area contributed by atoms with Crippen LogP contribution in [0.2, 0.25) is 0 Å². The number of pyridine rings is 1. The zero-order valence-corrected chi connectivity index (χ0v) is 11.6. The number of ether oxygens (including phenoxy) is 1. The Morgan fingerprint density at radius 3 is 2.84 bits per heavy atom. The van der Waals surface area contributed by atoms with Gasteiger partial charge in [0.25, 0.3) is 0 Å². The number of aryl methyl sites for hydroxylation is 1. The number of hydrogen-bond donors (Lipinski definition) is 2. The molecule has 0 aliphatic heterocycles. The van der Waals surface area contributed by atoms with Gasteiger partial charge in [-0.2, -0.15) is 0 Å². The number of nitrogen functional groups attached to an aromatic ring is 1. The Labute approximate surface area is 116 Å². The molecule has 0 saturated heterocycles. The van der Waals surface area contributed by atoms with E-state index in [4.69, 9.17) is 15.9 Å². The monoisotopic (exact) mass is 273 g/mol. The van der Waals surface area contributed by atoms with Gasteiger partial charge in [-0.3, -0.25) is 5.41 Å². The van der Waals surface area contributed by atoms with Crippen LogP contribution in [0.25, 0.3) is 0 Å². The van der Waals surface area contributed by atoms with Gasteiger partial charge in [-0.05, 0) is 36.8 Å². The van der Waals surface area contributed by atoms with Crippen molar-refractivity contribution in [3.8, 4) is 5.75 Å². The Bertz CT molecular complexity index is 613. The number of nitrogens with zero attached hydrogens (tertiary/aromatic N) is 1. The Kier molecular flexibility index (Phi) is 4.06. The number of aromatic nitrogens is 1. The topological polar surface area (TPSA) is 72.0 Å². The number of nitrogens with two attached hydrogens (primary N) is 1. The van der Waals surface area contributed by atoms with Crippen LogP contribution in [-0.2, 0) is 0 Å². The molecule has 4 nitrogen and oxygen atoms in total. The van der Waals surface area contributed by atoms with Gasteiger partial charge >= 0.3 is 0 Å². The van der Waals surface area contributed by atoms with Crippen molar-refractivity contribution in [2.75, 3.05) is 7.11 Å². The Balaban J connectivity index is 2.38. The number of rotatable bonds is 4. The molecule has 0 bridgehead atoms. The summed E-state index contributed by atoms with van der Waals surface area (Å²) in [6, 6.07) is 9.57. The van der Waals surface area contributed by atoms with Gasteiger partial charge in [-0.15, -0.1) is 0 Å². The molecule has 0 aliphatic rings. The molecule has 0 amide bonds. The smallest absolute Gasteiger partial charge is 0.125 e. The molecule has 1 aromatic carbocycles. The molecule has 0 fully saturated rings. The minimum atomic E-state index is 0.0380. The largest absolute Gasteiger partial charge is 0.497 e. The lowest BCUT2D eigenvalue weighted by Crippen LogP contribution is -2.14. The predicted octanol–water partition coefficient (Wildman–Crippen LogP) is 2.83. The average Bonchev–Trinajstić information content (AvgIpc) is 2.38. The molecule has 5 heteroatoms. The minimum Gasteiger partial charge on any atom is -0.497 e. The summed E-state index contributed by atoms with van der Waals surface area (Å²) in [5.74, 6) is 0.832. The van der Waals surface area contributed by atoms with Gasteiger partial charge in [0.1, 0.15) is 16.6 Å². The maximum Gasteiger partial charge on any atom is 0.125 e. The summed E-state index contributed by atoms with van der Waals surface area (Å²) in [4.78, 5) is 5.31. The fourth-order valence-corrected chi connectivity index (χ4v) is 2.75. The summed E-state index contributed by atoms with van der Waals surface area (Å²) in [5.41, 5.74) is 7.27. The Hall–Kier alpha value is -2.01. The predicted molar refractivity (Wildman–Crippen MR) is 77.1 cm³/mol. The number of nitrogens with one attached hydrogen (secondary N) is 1. The summed E-state index contributed by atoms with van der Waals surface area (Å²) >= 11 is 1.47. The van der Waals surface area contributed by atoms with Gasteiger partial charge in [0.2, 0.25) is 0 Å². The third-order valence-electron chi connectivity index (χ3n) is 2.65. The van der Waals surface area contributed by atoms with Crippen molar-refractivity contribution >= 4 is 17.6 Å². The molecule has 0 atom stereocenters. The molecule has 1 aromatic heterocycles. The molecule has 3 N–H and O–H groups in total. The summed E-state index contributed by atoms with van der Waals surface area (Å²) in [6.45, 7) is 1.92. The van der Waals surface area contributed by atoms with Crippen molar-refractivity contribution in [2.24, 2.45) is 5.73 Å². The van der Waals surface area contributed by atoms with E-state index < -0.39 is 0 Å². The van der Waals surface area contributed by atoms with E-state index in [9.17, 15) is 0 Å². The van der Waals surface area contributed by atoms with E-state index in [1.807, 2.05) is 37.3 Å². The number of methoxy groups -OCH3 is 1. The van der Waals surface area contributed by atoms with Crippen LogP contribution in [0.15, 0.2) is 46.5 Å². The summed E-state index contributed by atoms with van der Waals surface area (Å²) in [5, 5.41) is 8.40. The molecule has 19 heavy (non-hydrogen) atoms. The molecule has 0 saturated carbocycles. The second-order valence-corrected chi connectivity index (χ2v) is 5.06. The van der Waals surface area contributed by atoms with Crippen molar-refractivity contribution in [2.45, 2.75) is 16.8 Å². The van der Waals surface area contributed by atoms with Gasteiger partial charge in [-0.25, -0.2) is 4.98 Å². The Morgan fingerprint density at radius 2 is 2.16 bits per heavy atom.